The van der Waals surface area contributed by atoms with E-state index in [4.69, 9.17) is 5.41 Å². The van der Waals surface area contributed by atoms with Gasteiger partial charge in [0.2, 0.25) is 0 Å². The van der Waals surface area contributed by atoms with Gasteiger partial charge >= 0.3 is 20.1 Å². The number of rotatable bonds is 2. The van der Waals surface area contributed by atoms with E-state index in [-0.39, 0.29) is 27.5 Å². The zero-order chi connectivity index (χ0) is 18.9. The molecule has 0 radical (unpaired) electrons. The molecule has 0 aliphatic carbocycles. The third-order valence-electron chi connectivity index (χ3n) is 2.82. The van der Waals surface area contributed by atoms with E-state index in [9.17, 15) is 0 Å². The van der Waals surface area contributed by atoms with E-state index in [1.165, 1.54) is 11.5 Å². The maximum Gasteiger partial charge on any atom is 3.00 e. The second-order valence-electron chi connectivity index (χ2n) is 4.27. The molecule has 0 saturated heterocycles. The van der Waals surface area contributed by atoms with Crippen LogP contribution in [0.5, 0.6) is 0 Å². The van der Waals surface area contributed by atoms with Crippen LogP contribution >= 0.6 is 0 Å². The Bertz CT molecular complexity index is 737. The summed E-state index contributed by atoms with van der Waals surface area (Å²) in [6.07, 6.45) is 4.96. The largest absolute Gasteiger partial charge is 3.00 e. The van der Waals surface area contributed by atoms with Crippen LogP contribution in [-0.4, -0.2) is 11.2 Å². The van der Waals surface area contributed by atoms with Crippen LogP contribution in [0.3, 0.4) is 0 Å². The standard InChI is InChI=1S/C15H10N.C4H5N.2C2H6.CH4.Ir/c1-2-6-12(7-3-1)15-11-10-13-8-4-5-9-14(13)16-15;1-2-3-4-5;2*1-2;;/h1-6,8-11H;3-4H,1H3;2*1-2H3;1H4;/q-1;-2;;;;+3. The normalized spacial score (nSPS) is 8.33. The number of allylic oxidation sites excluding steroid dienone is 2. The van der Waals surface area contributed by atoms with Crippen LogP contribution in [0.2, 0.25) is 0 Å². The summed E-state index contributed by atoms with van der Waals surface area (Å²) in [6.45, 7) is 9.72. The van der Waals surface area contributed by atoms with Gasteiger partial charge in [0.1, 0.15) is 0 Å². The van der Waals surface area contributed by atoms with Gasteiger partial charge in [-0.05, 0) is 17.1 Å². The van der Waals surface area contributed by atoms with Crippen molar-refractivity contribution in [1.82, 2.24) is 4.98 Å². The number of hydrogen-bond donors (Lipinski definition) is 0. The van der Waals surface area contributed by atoms with Crippen molar-refractivity contribution >= 4 is 17.1 Å². The van der Waals surface area contributed by atoms with E-state index in [0.29, 0.717) is 0 Å². The fourth-order valence-corrected chi connectivity index (χ4v) is 1.84. The Hall–Kier alpha value is -2.09. The Balaban J connectivity index is -0.000000456. The molecule has 0 spiro atoms. The minimum absolute atomic E-state index is 0. The number of pyridine rings is 1. The molecule has 3 aromatic rings. The number of benzene rings is 2. The van der Waals surface area contributed by atoms with Gasteiger partial charge in [0.15, 0.2) is 0 Å². The van der Waals surface area contributed by atoms with Crippen molar-refractivity contribution in [3.05, 3.63) is 84.3 Å². The van der Waals surface area contributed by atoms with Crippen LogP contribution in [0, 0.1) is 12.1 Å². The van der Waals surface area contributed by atoms with Gasteiger partial charge in [-0.3, -0.25) is 17.1 Å². The summed E-state index contributed by atoms with van der Waals surface area (Å²) in [6, 6.07) is 23.4. The third-order valence-corrected chi connectivity index (χ3v) is 2.82. The molecule has 0 fully saturated rings. The van der Waals surface area contributed by atoms with Gasteiger partial charge < -0.3 is 11.6 Å². The van der Waals surface area contributed by atoms with Crippen molar-refractivity contribution < 1.29 is 20.1 Å². The Labute approximate surface area is 179 Å². The Morgan fingerprint density at radius 1 is 0.926 bits per heavy atom. The average molecular weight is 540 g/mol. The van der Waals surface area contributed by atoms with Crippen LogP contribution in [0.15, 0.2) is 66.7 Å². The SMILES string of the molecule is C.CC.CC.C[C-]=CC=[N-].[Ir+3].[c-]1ccccc1-c1ccc2ccccc2n1. The first kappa shape index (κ1) is 29.7. The quantitative estimate of drug-likeness (QED) is 0.247. The van der Waals surface area contributed by atoms with Gasteiger partial charge in [0.05, 0.1) is 5.52 Å². The molecule has 0 N–H and O–H groups in total. The molecule has 0 aliphatic rings. The Morgan fingerprint density at radius 3 is 2.07 bits per heavy atom. The van der Waals surface area contributed by atoms with Gasteiger partial charge in [-0.25, -0.2) is 0 Å². The summed E-state index contributed by atoms with van der Waals surface area (Å²) in [5.74, 6) is 0. The molecule has 0 unspecified atom stereocenters. The molecule has 3 rings (SSSR count). The number of fused-ring (bicyclic) bond motifs is 1. The van der Waals surface area contributed by atoms with Crippen LogP contribution < -0.4 is 0 Å². The zero-order valence-electron chi connectivity index (χ0n) is 16.2. The first-order valence-corrected chi connectivity index (χ1v) is 8.64. The molecule has 2 aromatic carbocycles. The predicted molar refractivity (Wildman–Crippen MR) is 118 cm³/mol. The van der Waals surface area contributed by atoms with Crippen LogP contribution in [0.4, 0.5) is 0 Å². The van der Waals surface area contributed by atoms with E-state index in [2.05, 4.69) is 29.3 Å². The Morgan fingerprint density at radius 2 is 1.56 bits per heavy atom. The van der Waals surface area contributed by atoms with Crippen molar-refractivity contribution in [3.8, 4) is 11.3 Å². The number of aromatic nitrogens is 1. The van der Waals surface area contributed by atoms with Gasteiger partial charge in [0.25, 0.3) is 0 Å². The molecule has 1 aromatic heterocycles. The zero-order valence-corrected chi connectivity index (χ0v) is 18.6. The summed E-state index contributed by atoms with van der Waals surface area (Å²) in [7, 11) is 0. The third kappa shape index (κ3) is 11.3. The van der Waals surface area contributed by atoms with Crippen molar-refractivity contribution in [2.45, 2.75) is 42.0 Å². The van der Waals surface area contributed by atoms with Crippen molar-refractivity contribution in [3.63, 3.8) is 0 Å². The molecule has 2 nitrogen and oxygen atoms in total. The topological polar surface area (TPSA) is 35.2 Å². The summed E-state index contributed by atoms with van der Waals surface area (Å²) in [4.78, 5) is 4.61. The van der Waals surface area contributed by atoms with Crippen LogP contribution in [-0.2, 0) is 20.1 Å². The van der Waals surface area contributed by atoms with Gasteiger partial charge in [-0.2, -0.15) is 0 Å². The fourth-order valence-electron chi connectivity index (χ4n) is 1.84. The molecule has 0 bridgehead atoms. The van der Waals surface area contributed by atoms with E-state index < -0.39 is 0 Å². The molecule has 0 aliphatic heterocycles. The molecule has 0 saturated carbocycles. The van der Waals surface area contributed by atoms with Gasteiger partial charge in [0, 0.05) is 0 Å². The second kappa shape index (κ2) is 20.2. The number of hydrogen-bond acceptors (Lipinski definition) is 1. The molecule has 1 heterocycles. The summed E-state index contributed by atoms with van der Waals surface area (Å²) in [5.41, 5.74) is 3.03. The Kier molecular flexibility index (Phi) is 22.2. The minimum Gasteiger partial charge on any atom is -0.911 e. The fraction of sp³-hybridized carbons (Fsp3) is 0.250. The van der Waals surface area contributed by atoms with Crippen molar-refractivity contribution in [2.24, 2.45) is 0 Å². The maximum absolute atomic E-state index is 7.82. The van der Waals surface area contributed by atoms with E-state index >= 15 is 0 Å². The maximum atomic E-state index is 7.82. The first-order chi connectivity index (χ1) is 12.3. The molecular weight excluding hydrogens is 508 g/mol. The van der Waals surface area contributed by atoms with Gasteiger partial charge in [-0.1, -0.05) is 65.5 Å². The number of para-hydroxylation sites is 1. The van der Waals surface area contributed by atoms with Crippen molar-refractivity contribution in [2.75, 3.05) is 0 Å². The molecule has 0 atom stereocenters. The predicted octanol–water partition coefficient (Wildman–Crippen LogP) is 7.39. The van der Waals surface area contributed by atoms with E-state index in [0.717, 1.165) is 23.0 Å². The van der Waals surface area contributed by atoms with Crippen molar-refractivity contribution in [1.29, 1.82) is 0 Å². The monoisotopic (exact) mass is 540 g/mol. The first-order valence-electron chi connectivity index (χ1n) is 8.64. The molecule has 146 valence electrons. The second-order valence-corrected chi connectivity index (χ2v) is 4.27. The van der Waals surface area contributed by atoms with Crippen LogP contribution in [0.25, 0.3) is 27.6 Å². The molecule has 3 heteroatoms. The summed E-state index contributed by atoms with van der Waals surface area (Å²) < 4.78 is 0. The summed E-state index contributed by atoms with van der Waals surface area (Å²) >= 11 is 0. The van der Waals surface area contributed by atoms with Crippen LogP contribution in [0.1, 0.15) is 42.0 Å². The molecule has 27 heavy (non-hydrogen) atoms. The van der Waals surface area contributed by atoms with E-state index in [1.807, 2.05) is 76.2 Å². The minimum atomic E-state index is 0. The van der Waals surface area contributed by atoms with E-state index in [1.54, 1.807) is 6.92 Å². The molecular formula is C24H31IrN2. The summed E-state index contributed by atoms with van der Waals surface area (Å²) in [5, 5.41) is 8.99. The smallest absolute Gasteiger partial charge is 0.911 e. The average Bonchev–Trinajstić information content (AvgIpc) is 2.72. The molecule has 0 amide bonds. The van der Waals surface area contributed by atoms with Gasteiger partial charge in [-0.15, -0.1) is 42.8 Å². The number of nitrogens with zero attached hydrogens (tertiary/aromatic N) is 2.